The van der Waals surface area contributed by atoms with E-state index in [-0.39, 0.29) is 17.7 Å². The first-order valence-electron chi connectivity index (χ1n) is 10.2. The lowest BCUT2D eigenvalue weighted by atomic mass is 10.1. The SMILES string of the molecule is CCCC(=O)N1CCN(c2cc3c(cc2Cl)c(=O)c(OC(=O)O)cn3C2CC2)CC1. The van der Waals surface area contributed by atoms with Crippen molar-refractivity contribution < 1.29 is 19.4 Å². The third kappa shape index (κ3) is 3.96. The van der Waals surface area contributed by atoms with Crippen molar-refractivity contribution in [1.82, 2.24) is 9.47 Å². The number of pyridine rings is 1. The van der Waals surface area contributed by atoms with Crippen LogP contribution in [0.4, 0.5) is 10.5 Å². The van der Waals surface area contributed by atoms with Gasteiger partial charge in [0.05, 0.1) is 27.8 Å². The van der Waals surface area contributed by atoms with Crippen molar-refractivity contribution in [3.8, 4) is 5.75 Å². The molecule has 1 saturated carbocycles. The summed E-state index contributed by atoms with van der Waals surface area (Å²) in [5.41, 5.74) is 1.03. The van der Waals surface area contributed by atoms with Crippen molar-refractivity contribution in [2.45, 2.75) is 38.6 Å². The molecule has 0 atom stereocenters. The van der Waals surface area contributed by atoms with Crippen LogP contribution in [0.3, 0.4) is 0 Å². The number of benzene rings is 1. The Labute approximate surface area is 178 Å². The molecule has 1 aromatic heterocycles. The molecule has 1 N–H and O–H groups in total. The van der Waals surface area contributed by atoms with E-state index in [1.165, 1.54) is 6.20 Å². The Hall–Kier alpha value is -2.74. The number of nitrogens with zero attached hydrogens (tertiary/aromatic N) is 3. The molecule has 1 aliphatic carbocycles. The molecule has 1 aliphatic heterocycles. The van der Waals surface area contributed by atoms with Gasteiger partial charge in [-0.15, -0.1) is 0 Å². The van der Waals surface area contributed by atoms with Crippen molar-refractivity contribution in [2.75, 3.05) is 31.1 Å². The number of carboxylic acid groups (broad SMARTS) is 1. The highest BCUT2D eigenvalue weighted by molar-refractivity contribution is 6.34. The van der Waals surface area contributed by atoms with Crippen LogP contribution in [0.2, 0.25) is 5.02 Å². The standard InChI is InChI=1S/C21H24ClN3O5/c1-2-3-19(26)24-8-6-23(7-9-24)17-11-16-14(10-15(17)22)20(27)18(30-21(28)29)12-25(16)13-4-5-13/h10-13H,2-9H2,1H3,(H,28,29). The summed E-state index contributed by atoms with van der Waals surface area (Å²) in [5, 5.41) is 9.70. The Morgan fingerprint density at radius 2 is 1.90 bits per heavy atom. The third-order valence-corrected chi connectivity index (χ3v) is 5.95. The van der Waals surface area contributed by atoms with Crippen LogP contribution in [0.15, 0.2) is 23.1 Å². The summed E-state index contributed by atoms with van der Waals surface area (Å²) in [7, 11) is 0. The largest absolute Gasteiger partial charge is 0.511 e. The summed E-state index contributed by atoms with van der Waals surface area (Å²) >= 11 is 6.54. The second kappa shape index (κ2) is 8.18. The molecule has 30 heavy (non-hydrogen) atoms. The van der Waals surface area contributed by atoms with Gasteiger partial charge >= 0.3 is 6.16 Å². The number of piperazine rings is 1. The Morgan fingerprint density at radius 3 is 2.50 bits per heavy atom. The van der Waals surface area contributed by atoms with E-state index in [0.717, 1.165) is 24.9 Å². The predicted octanol–water partition coefficient (Wildman–Crippen LogP) is 3.50. The lowest BCUT2D eigenvalue weighted by molar-refractivity contribution is -0.131. The lowest BCUT2D eigenvalue weighted by Gasteiger charge is -2.36. The van der Waals surface area contributed by atoms with Crippen LogP contribution in [-0.2, 0) is 4.79 Å². The predicted molar refractivity (Wildman–Crippen MR) is 114 cm³/mol. The maximum absolute atomic E-state index is 12.8. The molecule has 2 aliphatic rings. The summed E-state index contributed by atoms with van der Waals surface area (Å²) in [6.07, 6.45) is 3.27. The zero-order chi connectivity index (χ0) is 21.4. The van der Waals surface area contributed by atoms with Crippen molar-refractivity contribution in [1.29, 1.82) is 0 Å². The van der Waals surface area contributed by atoms with Gasteiger partial charge in [0.15, 0.2) is 5.75 Å². The van der Waals surface area contributed by atoms with Gasteiger partial charge in [-0.05, 0) is 31.4 Å². The zero-order valence-electron chi connectivity index (χ0n) is 16.8. The van der Waals surface area contributed by atoms with Crippen LogP contribution in [0.1, 0.15) is 38.6 Å². The number of hydrogen-bond acceptors (Lipinski definition) is 5. The number of hydrogen-bond donors (Lipinski definition) is 1. The Balaban J connectivity index is 1.68. The summed E-state index contributed by atoms with van der Waals surface area (Å²) in [5.74, 6) is -0.0379. The minimum absolute atomic E-state index is 0.176. The van der Waals surface area contributed by atoms with Crippen molar-refractivity contribution >= 4 is 40.3 Å². The molecule has 1 saturated heterocycles. The third-order valence-electron chi connectivity index (χ3n) is 5.64. The fraction of sp³-hybridized carbons (Fsp3) is 0.476. The molecule has 2 fully saturated rings. The maximum Gasteiger partial charge on any atom is 0.511 e. The van der Waals surface area contributed by atoms with Crippen LogP contribution in [-0.4, -0.2) is 52.8 Å². The van der Waals surface area contributed by atoms with E-state index in [9.17, 15) is 14.4 Å². The topological polar surface area (TPSA) is 92.1 Å². The second-order valence-corrected chi connectivity index (χ2v) is 8.17. The fourth-order valence-electron chi connectivity index (χ4n) is 3.97. The molecule has 2 heterocycles. The lowest BCUT2D eigenvalue weighted by Crippen LogP contribution is -2.48. The Kier molecular flexibility index (Phi) is 5.60. The normalized spacial score (nSPS) is 16.7. The number of carbonyl (C=O) groups is 2. The average Bonchev–Trinajstić information content (AvgIpc) is 3.55. The number of fused-ring (bicyclic) bond motifs is 1. The van der Waals surface area contributed by atoms with Gasteiger partial charge in [-0.25, -0.2) is 4.79 Å². The van der Waals surface area contributed by atoms with Gasteiger partial charge in [-0.2, -0.15) is 0 Å². The summed E-state index contributed by atoms with van der Waals surface area (Å²) in [6, 6.07) is 3.70. The fourth-order valence-corrected chi connectivity index (χ4v) is 4.25. The molecule has 0 radical (unpaired) electrons. The minimum atomic E-state index is -1.52. The van der Waals surface area contributed by atoms with E-state index >= 15 is 0 Å². The number of carbonyl (C=O) groups excluding carboxylic acids is 1. The van der Waals surface area contributed by atoms with Gasteiger partial charge in [-0.1, -0.05) is 18.5 Å². The molecule has 0 unspecified atom stereocenters. The van der Waals surface area contributed by atoms with Gasteiger partial charge < -0.3 is 24.2 Å². The molecular weight excluding hydrogens is 410 g/mol. The van der Waals surface area contributed by atoms with Crippen molar-refractivity contribution in [3.05, 3.63) is 33.6 Å². The molecule has 2 aromatic rings. The molecule has 160 valence electrons. The molecule has 8 nitrogen and oxygen atoms in total. The van der Waals surface area contributed by atoms with Gasteiger partial charge in [0.25, 0.3) is 0 Å². The number of rotatable bonds is 5. The van der Waals surface area contributed by atoms with E-state index < -0.39 is 11.6 Å². The monoisotopic (exact) mass is 433 g/mol. The molecule has 0 bridgehead atoms. The number of ether oxygens (including phenoxy) is 1. The van der Waals surface area contributed by atoms with Crippen LogP contribution < -0.4 is 15.1 Å². The molecule has 0 spiro atoms. The highest BCUT2D eigenvalue weighted by Crippen LogP contribution is 2.40. The van der Waals surface area contributed by atoms with Crippen molar-refractivity contribution in [2.24, 2.45) is 0 Å². The highest BCUT2D eigenvalue weighted by atomic mass is 35.5. The molecule has 9 heteroatoms. The van der Waals surface area contributed by atoms with Crippen LogP contribution >= 0.6 is 11.6 Å². The van der Waals surface area contributed by atoms with Gasteiger partial charge in [0, 0.05) is 38.6 Å². The van der Waals surface area contributed by atoms with E-state index in [1.807, 2.05) is 22.5 Å². The van der Waals surface area contributed by atoms with Gasteiger partial charge in [0.2, 0.25) is 11.3 Å². The van der Waals surface area contributed by atoms with Crippen LogP contribution in [0.5, 0.6) is 5.75 Å². The Bertz CT molecular complexity index is 1050. The zero-order valence-corrected chi connectivity index (χ0v) is 17.5. The van der Waals surface area contributed by atoms with Crippen LogP contribution in [0.25, 0.3) is 10.9 Å². The van der Waals surface area contributed by atoms with Crippen LogP contribution in [0, 0.1) is 0 Å². The minimum Gasteiger partial charge on any atom is -0.449 e. The Morgan fingerprint density at radius 1 is 1.20 bits per heavy atom. The molecule has 1 aromatic carbocycles. The average molecular weight is 434 g/mol. The first kappa shape index (κ1) is 20.5. The van der Waals surface area contributed by atoms with Crippen molar-refractivity contribution in [3.63, 3.8) is 0 Å². The highest BCUT2D eigenvalue weighted by Gasteiger charge is 2.28. The molecular formula is C21H24ClN3O5. The smallest absolute Gasteiger partial charge is 0.449 e. The van der Waals surface area contributed by atoms with E-state index in [2.05, 4.69) is 4.90 Å². The van der Waals surface area contributed by atoms with E-state index in [1.54, 1.807) is 6.07 Å². The first-order valence-corrected chi connectivity index (χ1v) is 10.6. The first-order chi connectivity index (χ1) is 14.4. The number of aromatic nitrogens is 1. The number of halogens is 1. The molecule has 4 rings (SSSR count). The second-order valence-electron chi connectivity index (χ2n) is 7.77. The van der Waals surface area contributed by atoms with Gasteiger partial charge in [0.1, 0.15) is 0 Å². The van der Waals surface area contributed by atoms with E-state index in [4.69, 9.17) is 21.4 Å². The summed E-state index contributed by atoms with van der Waals surface area (Å²) in [4.78, 5) is 39.9. The number of amides is 1. The maximum atomic E-state index is 12.8. The number of anilines is 1. The quantitative estimate of drug-likeness (QED) is 0.725. The van der Waals surface area contributed by atoms with E-state index in [0.29, 0.717) is 48.5 Å². The molecule has 1 amide bonds. The summed E-state index contributed by atoms with van der Waals surface area (Å²) < 4.78 is 6.62. The summed E-state index contributed by atoms with van der Waals surface area (Å²) in [6.45, 7) is 4.58. The van der Waals surface area contributed by atoms with Gasteiger partial charge in [-0.3, -0.25) is 9.59 Å².